The van der Waals surface area contributed by atoms with E-state index in [1.54, 1.807) is 27.0 Å². The van der Waals surface area contributed by atoms with E-state index < -0.39 is 58.2 Å². The summed E-state index contributed by atoms with van der Waals surface area (Å²) in [5.41, 5.74) is 12.5. The summed E-state index contributed by atoms with van der Waals surface area (Å²) in [5.74, 6) is 0.388. The van der Waals surface area contributed by atoms with Gasteiger partial charge in [0.25, 0.3) is 5.91 Å². The highest BCUT2D eigenvalue weighted by Gasteiger charge is 2.41. The third-order valence-corrected chi connectivity index (χ3v) is 26.0. The number of nitrogen functional groups attached to an aromatic ring is 1. The van der Waals surface area contributed by atoms with Crippen LogP contribution in [0.15, 0.2) is 85.2 Å². The Morgan fingerprint density at radius 2 is 0.967 bits per heavy atom. The van der Waals surface area contributed by atoms with Crippen molar-refractivity contribution in [2.75, 3.05) is 63.7 Å². The quantitative estimate of drug-likeness (QED) is 0.0806. The highest BCUT2D eigenvalue weighted by molar-refractivity contribution is 6.75. The predicted molar refractivity (Wildman–Crippen MR) is 359 cm³/mol. The van der Waals surface area contributed by atoms with E-state index in [9.17, 15) is 19.2 Å². The second-order valence-electron chi connectivity index (χ2n) is 28.9. The Balaban J connectivity index is 0.000000198. The number of carboxylic acid groups (broad SMARTS) is 1. The number of benzene rings is 4. The van der Waals surface area contributed by atoms with E-state index in [1.807, 2.05) is 60.6 Å². The highest BCUT2D eigenvalue weighted by Crippen LogP contribution is 2.41. The molecule has 0 spiro atoms. The molecule has 496 valence electrons. The molecule has 0 radical (unpaired) electrons. The van der Waals surface area contributed by atoms with Crippen molar-refractivity contribution in [1.82, 2.24) is 29.4 Å². The molecule has 6 heterocycles. The number of carbonyl (C=O) groups is 4. The van der Waals surface area contributed by atoms with E-state index in [0.717, 1.165) is 106 Å². The van der Waals surface area contributed by atoms with E-state index in [4.69, 9.17) is 53.2 Å². The number of carbonyl (C=O) groups excluding carboxylic acids is 3. The van der Waals surface area contributed by atoms with Crippen molar-refractivity contribution in [3.8, 4) is 33.8 Å². The lowest BCUT2D eigenvalue weighted by atomic mass is 10.0. The van der Waals surface area contributed by atoms with Gasteiger partial charge in [0.1, 0.15) is 22.7 Å². The molecule has 4 aliphatic heterocycles. The van der Waals surface area contributed by atoms with Crippen molar-refractivity contribution < 1.29 is 61.6 Å². The first kappa shape index (κ1) is 69.9. The molecule has 2 aromatic heterocycles. The van der Waals surface area contributed by atoms with E-state index in [2.05, 4.69) is 127 Å². The molecule has 0 saturated carbocycles. The summed E-state index contributed by atoms with van der Waals surface area (Å²) < 4.78 is 50.4. The van der Waals surface area contributed by atoms with Crippen LogP contribution in [-0.4, -0.2) is 151 Å². The molecule has 10 rings (SSSR count). The summed E-state index contributed by atoms with van der Waals surface area (Å²) in [4.78, 5) is 51.5. The van der Waals surface area contributed by atoms with Crippen molar-refractivity contribution in [2.45, 2.75) is 194 Å². The number of carboxylic acids is 1. The number of nitrogens with one attached hydrogen (secondary N) is 1. The number of ether oxygens (including phenoxy) is 6. The van der Waals surface area contributed by atoms with Crippen LogP contribution in [0, 0.1) is 0 Å². The maximum atomic E-state index is 13.6. The number of nitrogens with zero attached hydrogens (tertiary/aromatic N) is 6. The van der Waals surface area contributed by atoms with Gasteiger partial charge in [-0.1, -0.05) is 65.8 Å². The molecule has 4 saturated heterocycles. The van der Waals surface area contributed by atoms with Crippen molar-refractivity contribution in [2.24, 2.45) is 0 Å². The van der Waals surface area contributed by atoms with Crippen LogP contribution in [0.2, 0.25) is 36.3 Å². The van der Waals surface area contributed by atoms with Crippen LogP contribution >= 0.6 is 0 Å². The molecule has 4 atom stereocenters. The lowest BCUT2D eigenvalue weighted by Gasteiger charge is -2.36. The number of morpholine rings is 2. The summed E-state index contributed by atoms with van der Waals surface area (Å²) in [6, 6.07) is 24.7. The van der Waals surface area contributed by atoms with Gasteiger partial charge >= 0.3 is 18.2 Å². The molecule has 23 heteroatoms. The molecule has 21 nitrogen and oxygen atoms in total. The lowest BCUT2D eigenvalue weighted by molar-refractivity contribution is -0.155. The summed E-state index contributed by atoms with van der Waals surface area (Å²) in [6.45, 7) is 36.0. The molecule has 4 fully saturated rings. The average Bonchev–Trinajstić information content (AvgIpc) is 1.72. The minimum absolute atomic E-state index is 0.00809. The van der Waals surface area contributed by atoms with Crippen LogP contribution in [0.25, 0.3) is 44.1 Å². The number of hydrogen-bond acceptors (Lipinski definition) is 15. The average molecular weight is 1290 g/mol. The standard InChI is InChI=1S/C34H48N4O6Si.C24H33N3O2Si.C10H17NO5/c1-33(2,3)43-32(40)37-16-18-41-29(22-37)31(39)36-27-19-24(20-28-26(27)21-35-38(28)30-11-9-10-17-42-30)23-12-14-25(15-13-23)44-45(7,8)34(4,5)6;1-24(2,3)30(4,5)29-19-11-9-17(10-12-19)18-14-21(25)20-16-26-27(22(20)15-18)23-8-6-7-13-28-23;1-10(2,3)16-9(14)11-4-5-15-7(6-11)8(12)13/h12-15,19-21,29-30H,9-11,16-18,22H2,1-8H3,(H,36,39);9-12,14-16,23H,6-8,13,25H2,1-5H3;7H,4-6H2,1-3H3,(H,12,13)/t29-,30?;;7-/m1.1/s1. The van der Waals surface area contributed by atoms with Crippen LogP contribution in [0.5, 0.6) is 11.5 Å². The SMILES string of the molecule is CC(C)(C)OC(=O)N1CCO[C@@H](C(=O)Nc2cc(-c3ccc(O[Si](C)(C)C(C)(C)C)cc3)cc3c2cnn3C2CCCCO2)C1.CC(C)(C)OC(=O)N1CCO[C@@H](C(=O)O)C1.CC(C)(C)[Si](C)(C)Oc1ccc(-c2cc(N)c3cnn(C4CCCCO4)c3c2)cc1. The number of aliphatic carboxylic acids is 1. The number of rotatable bonds is 11. The summed E-state index contributed by atoms with van der Waals surface area (Å²) >= 11 is 0. The monoisotopic (exact) mass is 1290 g/mol. The van der Waals surface area contributed by atoms with Crippen LogP contribution in [-0.2, 0) is 38.0 Å². The van der Waals surface area contributed by atoms with Crippen molar-refractivity contribution in [1.29, 1.82) is 0 Å². The van der Waals surface area contributed by atoms with Crippen molar-refractivity contribution in [3.63, 3.8) is 0 Å². The molecule has 0 bridgehead atoms. The van der Waals surface area contributed by atoms with Gasteiger partial charge in [0, 0.05) is 42.8 Å². The van der Waals surface area contributed by atoms with E-state index in [0.29, 0.717) is 25.4 Å². The van der Waals surface area contributed by atoms with E-state index in [1.165, 1.54) is 9.80 Å². The molecule has 4 aromatic carbocycles. The molecular weight excluding hydrogens is 1190 g/mol. The number of fused-ring (bicyclic) bond motifs is 2. The zero-order valence-corrected chi connectivity index (χ0v) is 58.4. The van der Waals surface area contributed by atoms with Gasteiger partial charge in [-0.25, -0.2) is 23.7 Å². The molecule has 4 aliphatic rings. The fourth-order valence-electron chi connectivity index (χ4n) is 10.2. The smallest absolute Gasteiger partial charge is 0.410 e. The molecule has 6 aromatic rings. The molecule has 4 N–H and O–H groups in total. The molecule has 91 heavy (non-hydrogen) atoms. The Morgan fingerprint density at radius 1 is 0.549 bits per heavy atom. The maximum Gasteiger partial charge on any atom is 0.410 e. The van der Waals surface area contributed by atoms with Gasteiger partial charge in [-0.2, -0.15) is 10.2 Å². The maximum absolute atomic E-state index is 13.6. The Hall–Kier alpha value is -7.03. The Morgan fingerprint density at radius 3 is 1.38 bits per heavy atom. The van der Waals surface area contributed by atoms with Crippen molar-refractivity contribution >= 4 is 73.9 Å². The largest absolute Gasteiger partial charge is 0.544 e. The Labute approximate surface area is 538 Å². The first-order chi connectivity index (χ1) is 42.6. The minimum Gasteiger partial charge on any atom is -0.544 e. The second-order valence-corrected chi connectivity index (χ2v) is 38.4. The van der Waals surface area contributed by atoms with Gasteiger partial charge in [-0.05, 0) is 187 Å². The topological polar surface area (TPSA) is 243 Å². The number of amides is 3. The fraction of sp³-hybridized carbons (Fsp3) is 0.559. The fourth-order valence-corrected chi connectivity index (χ4v) is 12.2. The normalized spacial score (nSPS) is 19.5. The third-order valence-electron chi connectivity index (χ3n) is 17.3. The van der Waals surface area contributed by atoms with Crippen LogP contribution in [0.4, 0.5) is 21.0 Å². The Kier molecular flexibility index (Phi) is 21.8. The number of aromatic nitrogens is 4. The van der Waals surface area contributed by atoms with Gasteiger partial charge in [0.15, 0.2) is 24.7 Å². The van der Waals surface area contributed by atoms with Gasteiger partial charge < -0.3 is 63.2 Å². The predicted octanol–water partition coefficient (Wildman–Crippen LogP) is 14.4. The zero-order valence-electron chi connectivity index (χ0n) is 56.4. The van der Waals surface area contributed by atoms with Crippen LogP contribution < -0.4 is 19.9 Å². The first-order valence-electron chi connectivity index (χ1n) is 31.9. The van der Waals surface area contributed by atoms with Crippen LogP contribution in [0.3, 0.4) is 0 Å². The molecule has 0 aliphatic carbocycles. The van der Waals surface area contributed by atoms with E-state index in [-0.39, 0.29) is 54.7 Å². The van der Waals surface area contributed by atoms with Gasteiger partial charge in [0.05, 0.1) is 55.4 Å². The molecular formula is C68H98N8O13Si2. The van der Waals surface area contributed by atoms with Crippen molar-refractivity contribution in [3.05, 3.63) is 85.2 Å². The van der Waals surface area contributed by atoms with Gasteiger partial charge in [-0.15, -0.1) is 0 Å². The summed E-state index contributed by atoms with van der Waals surface area (Å²) in [6.07, 6.45) is 6.94. The Bertz CT molecular complexity index is 3480. The van der Waals surface area contributed by atoms with Crippen LogP contribution in [0.1, 0.15) is 134 Å². The van der Waals surface area contributed by atoms with Gasteiger partial charge in [-0.3, -0.25) is 4.79 Å². The van der Waals surface area contributed by atoms with E-state index >= 15 is 0 Å². The molecule has 2 unspecified atom stereocenters. The zero-order chi connectivity index (χ0) is 66.4. The lowest BCUT2D eigenvalue weighted by Crippen LogP contribution is -2.51. The van der Waals surface area contributed by atoms with Gasteiger partial charge in [0.2, 0.25) is 16.6 Å². The number of nitrogens with two attached hydrogens (primary N) is 1. The minimum atomic E-state index is -1.98. The second kappa shape index (κ2) is 28.5. The third kappa shape index (κ3) is 18.2. The molecule has 3 amide bonds. The summed E-state index contributed by atoms with van der Waals surface area (Å²) in [5, 5.41) is 23.2. The highest BCUT2D eigenvalue weighted by atomic mass is 28.4. The number of anilines is 2. The first-order valence-corrected chi connectivity index (χ1v) is 37.7. The summed E-state index contributed by atoms with van der Waals surface area (Å²) in [7, 11) is -3.83. The number of hydrogen-bond donors (Lipinski definition) is 3.